The number of carbonyl (C=O) groups excluding carboxylic acids is 2. The van der Waals surface area contributed by atoms with Gasteiger partial charge in [-0.1, -0.05) is 36.4 Å². The molecule has 0 aliphatic rings. The van der Waals surface area contributed by atoms with Crippen molar-refractivity contribution in [2.45, 2.75) is 0 Å². The number of hydrogen-bond acceptors (Lipinski definition) is 3. The second-order valence-corrected chi connectivity index (χ2v) is 3.74. The van der Waals surface area contributed by atoms with E-state index in [2.05, 4.69) is 0 Å². The molecule has 0 aromatic heterocycles. The van der Waals surface area contributed by atoms with Crippen LogP contribution in [-0.4, -0.2) is 19.7 Å². The zero-order valence-corrected chi connectivity index (χ0v) is 9.92. The third kappa shape index (κ3) is 2.02. The minimum Gasteiger partial charge on any atom is -0.496 e. The maximum atomic E-state index is 11.2. The molecule has 0 unspecified atom stereocenters. The summed E-state index contributed by atoms with van der Waals surface area (Å²) < 4.78 is 5.15. The zero-order valence-electron chi connectivity index (χ0n) is 9.92. The first-order valence-electron chi connectivity index (χ1n) is 5.48. The Morgan fingerprint density at radius 1 is 0.889 bits per heavy atom. The van der Waals surface area contributed by atoms with Crippen LogP contribution >= 0.6 is 0 Å². The summed E-state index contributed by atoms with van der Waals surface area (Å²) in [6.07, 6.45) is 1.53. The van der Waals surface area contributed by atoms with Crippen molar-refractivity contribution in [2.75, 3.05) is 7.11 Å². The van der Waals surface area contributed by atoms with Gasteiger partial charge in [0.2, 0.25) is 0 Å². The largest absolute Gasteiger partial charge is 0.496 e. The Labute approximate surface area is 105 Å². The molecule has 2 aromatic carbocycles. The van der Waals surface area contributed by atoms with E-state index in [0.717, 1.165) is 18.1 Å². The van der Waals surface area contributed by atoms with Gasteiger partial charge < -0.3 is 4.74 Å². The lowest BCUT2D eigenvalue weighted by atomic mass is 9.96. The van der Waals surface area contributed by atoms with Crippen molar-refractivity contribution < 1.29 is 14.3 Å². The number of hydrogen-bond donors (Lipinski definition) is 0. The Kier molecular flexibility index (Phi) is 3.53. The molecule has 0 atom stereocenters. The molecule has 0 N–H and O–H groups in total. The predicted octanol–water partition coefficient (Wildman–Crippen LogP) is 2.99. The molecule has 0 saturated carbocycles. The molecule has 90 valence electrons. The highest BCUT2D eigenvalue weighted by Crippen LogP contribution is 2.30. The van der Waals surface area contributed by atoms with Crippen molar-refractivity contribution in [3.63, 3.8) is 0 Å². The lowest BCUT2D eigenvalue weighted by Gasteiger charge is -2.10. The van der Waals surface area contributed by atoms with E-state index in [9.17, 15) is 9.59 Å². The lowest BCUT2D eigenvalue weighted by Crippen LogP contribution is -1.96. The van der Waals surface area contributed by atoms with Gasteiger partial charge in [0.05, 0.1) is 12.7 Å². The molecule has 0 aliphatic heterocycles. The predicted molar refractivity (Wildman–Crippen MR) is 69.2 cm³/mol. The summed E-state index contributed by atoms with van der Waals surface area (Å²) in [5, 5.41) is 0. The van der Waals surface area contributed by atoms with Crippen molar-refractivity contribution in [2.24, 2.45) is 0 Å². The number of methoxy groups -OCH3 is 1. The third-order valence-electron chi connectivity index (χ3n) is 2.78. The van der Waals surface area contributed by atoms with Crippen LogP contribution < -0.4 is 4.74 Å². The van der Waals surface area contributed by atoms with Gasteiger partial charge in [0.25, 0.3) is 0 Å². The molecule has 0 fully saturated rings. The summed E-state index contributed by atoms with van der Waals surface area (Å²) in [6, 6.07) is 12.5. The first kappa shape index (κ1) is 12.0. The van der Waals surface area contributed by atoms with E-state index in [-0.39, 0.29) is 0 Å². The van der Waals surface area contributed by atoms with Crippen LogP contribution in [0.5, 0.6) is 5.75 Å². The van der Waals surface area contributed by atoms with E-state index in [4.69, 9.17) is 4.74 Å². The van der Waals surface area contributed by atoms with E-state index < -0.39 is 0 Å². The van der Waals surface area contributed by atoms with Crippen LogP contribution in [0.2, 0.25) is 0 Å². The number of ether oxygens (including phenoxy) is 1. The van der Waals surface area contributed by atoms with Gasteiger partial charge in [0, 0.05) is 5.56 Å². The summed E-state index contributed by atoms with van der Waals surface area (Å²) in [6.45, 7) is 0. The van der Waals surface area contributed by atoms with Crippen LogP contribution in [0.4, 0.5) is 0 Å². The average Bonchev–Trinajstić information content (AvgIpc) is 2.46. The first-order valence-corrected chi connectivity index (χ1v) is 5.48. The average molecular weight is 240 g/mol. The fourth-order valence-corrected chi connectivity index (χ4v) is 1.92. The van der Waals surface area contributed by atoms with Crippen molar-refractivity contribution in [1.29, 1.82) is 0 Å². The van der Waals surface area contributed by atoms with Crippen molar-refractivity contribution >= 4 is 12.6 Å². The van der Waals surface area contributed by atoms with E-state index in [1.54, 1.807) is 30.3 Å². The monoisotopic (exact) mass is 240 g/mol. The highest BCUT2D eigenvalue weighted by atomic mass is 16.5. The van der Waals surface area contributed by atoms with E-state index >= 15 is 0 Å². The van der Waals surface area contributed by atoms with Crippen molar-refractivity contribution in [3.05, 3.63) is 53.6 Å². The smallest absolute Gasteiger partial charge is 0.154 e. The number of carbonyl (C=O) groups is 2. The van der Waals surface area contributed by atoms with Crippen molar-refractivity contribution in [1.82, 2.24) is 0 Å². The van der Waals surface area contributed by atoms with Gasteiger partial charge in [-0.25, -0.2) is 0 Å². The second kappa shape index (κ2) is 5.27. The van der Waals surface area contributed by atoms with Crippen LogP contribution in [0.3, 0.4) is 0 Å². The fraction of sp³-hybridized carbons (Fsp3) is 0.0667. The van der Waals surface area contributed by atoms with E-state index in [1.165, 1.54) is 7.11 Å². The minimum absolute atomic E-state index is 0.453. The van der Waals surface area contributed by atoms with E-state index in [0.29, 0.717) is 22.4 Å². The highest BCUT2D eigenvalue weighted by Gasteiger charge is 2.12. The number of benzene rings is 2. The molecule has 0 radical (unpaired) electrons. The summed E-state index contributed by atoms with van der Waals surface area (Å²) in [5.41, 5.74) is 2.43. The third-order valence-corrected chi connectivity index (χ3v) is 2.78. The molecule has 0 bridgehead atoms. The Balaban J connectivity index is 2.70. The molecule has 3 heteroatoms. The Bertz CT molecular complexity index is 588. The van der Waals surface area contributed by atoms with Gasteiger partial charge in [-0.15, -0.1) is 0 Å². The van der Waals surface area contributed by atoms with Gasteiger partial charge in [-0.3, -0.25) is 9.59 Å². The minimum atomic E-state index is 0.453. The topological polar surface area (TPSA) is 43.4 Å². The van der Waals surface area contributed by atoms with Gasteiger partial charge in [0.1, 0.15) is 5.75 Å². The first-order chi connectivity index (χ1) is 8.81. The lowest BCUT2D eigenvalue weighted by molar-refractivity contribution is 0.111. The molecule has 0 amide bonds. The summed E-state index contributed by atoms with van der Waals surface area (Å²) >= 11 is 0. The summed E-state index contributed by atoms with van der Waals surface area (Å²) in [7, 11) is 1.51. The van der Waals surface area contributed by atoms with Crippen LogP contribution in [0.25, 0.3) is 11.1 Å². The van der Waals surface area contributed by atoms with Crippen LogP contribution in [-0.2, 0) is 0 Å². The molecule has 0 heterocycles. The highest BCUT2D eigenvalue weighted by molar-refractivity contribution is 5.96. The van der Waals surface area contributed by atoms with E-state index in [1.807, 2.05) is 12.1 Å². The van der Waals surface area contributed by atoms with Crippen molar-refractivity contribution in [3.8, 4) is 16.9 Å². The molecule has 0 saturated heterocycles. The molecule has 2 rings (SSSR count). The Hall–Kier alpha value is -2.42. The molecular formula is C15H12O3. The van der Waals surface area contributed by atoms with Gasteiger partial charge in [-0.05, 0) is 17.2 Å². The number of rotatable bonds is 4. The van der Waals surface area contributed by atoms with Gasteiger partial charge in [-0.2, -0.15) is 0 Å². The quantitative estimate of drug-likeness (QED) is 0.771. The molecule has 0 aliphatic carbocycles. The normalized spacial score (nSPS) is 9.83. The fourth-order valence-electron chi connectivity index (χ4n) is 1.92. The maximum absolute atomic E-state index is 11.2. The SMILES string of the molecule is COc1cccc(-c2ccccc2C=O)c1C=O. The Morgan fingerprint density at radius 3 is 2.28 bits per heavy atom. The molecule has 3 nitrogen and oxygen atoms in total. The number of aldehydes is 2. The van der Waals surface area contributed by atoms with Crippen LogP contribution in [0.15, 0.2) is 42.5 Å². The summed E-state index contributed by atoms with van der Waals surface area (Å²) in [5.74, 6) is 0.503. The molecule has 18 heavy (non-hydrogen) atoms. The standard InChI is InChI=1S/C15H12O3/c1-18-15-8-4-7-13(14(15)10-17)12-6-3-2-5-11(12)9-16/h2-10H,1H3. The van der Waals surface area contributed by atoms with Gasteiger partial charge in [0.15, 0.2) is 12.6 Å². The summed E-state index contributed by atoms with van der Waals surface area (Å²) in [4.78, 5) is 22.2. The van der Waals surface area contributed by atoms with Crippen LogP contribution in [0, 0.1) is 0 Å². The maximum Gasteiger partial charge on any atom is 0.154 e. The molecular weight excluding hydrogens is 228 g/mol. The Morgan fingerprint density at radius 2 is 1.61 bits per heavy atom. The molecule has 2 aromatic rings. The second-order valence-electron chi connectivity index (χ2n) is 3.74. The molecule has 0 spiro atoms. The van der Waals surface area contributed by atoms with Crippen LogP contribution in [0.1, 0.15) is 20.7 Å². The zero-order chi connectivity index (χ0) is 13.0. The van der Waals surface area contributed by atoms with Gasteiger partial charge >= 0.3 is 0 Å².